The third kappa shape index (κ3) is 2.74. The number of hydrogen-bond donors (Lipinski definition) is 2. The molecule has 0 saturated heterocycles. The Morgan fingerprint density at radius 3 is 2.65 bits per heavy atom. The SMILES string of the molecule is CNc1cc(NCc2cn(C)nc2C)nc(C2CC2)n1. The van der Waals surface area contributed by atoms with Crippen molar-refractivity contribution in [2.45, 2.75) is 32.2 Å². The largest absolute Gasteiger partial charge is 0.373 e. The van der Waals surface area contributed by atoms with E-state index in [9.17, 15) is 0 Å². The van der Waals surface area contributed by atoms with E-state index in [1.807, 2.05) is 38.0 Å². The van der Waals surface area contributed by atoms with E-state index < -0.39 is 0 Å². The molecule has 6 nitrogen and oxygen atoms in total. The van der Waals surface area contributed by atoms with E-state index >= 15 is 0 Å². The molecule has 0 amide bonds. The summed E-state index contributed by atoms with van der Waals surface area (Å²) in [6.07, 6.45) is 4.44. The average Bonchev–Trinajstić information content (AvgIpc) is 3.22. The molecular weight excluding hydrogens is 252 g/mol. The first kappa shape index (κ1) is 12.9. The van der Waals surface area contributed by atoms with Crippen LogP contribution in [0.4, 0.5) is 11.6 Å². The van der Waals surface area contributed by atoms with Crippen LogP contribution >= 0.6 is 0 Å². The summed E-state index contributed by atoms with van der Waals surface area (Å²) >= 11 is 0. The van der Waals surface area contributed by atoms with Crippen molar-refractivity contribution in [1.29, 1.82) is 0 Å². The molecule has 0 aliphatic heterocycles. The van der Waals surface area contributed by atoms with Gasteiger partial charge in [-0.05, 0) is 19.8 Å². The summed E-state index contributed by atoms with van der Waals surface area (Å²) in [4.78, 5) is 9.12. The van der Waals surface area contributed by atoms with Crippen molar-refractivity contribution < 1.29 is 0 Å². The van der Waals surface area contributed by atoms with Gasteiger partial charge in [0.15, 0.2) is 0 Å². The summed E-state index contributed by atoms with van der Waals surface area (Å²) in [5.41, 5.74) is 2.23. The standard InChI is InChI=1S/C14H20N6/c1-9-11(8-20(3)19-9)7-16-13-6-12(15-2)17-14(18-13)10-4-5-10/h6,8,10H,4-5,7H2,1-3H3,(H2,15,16,17,18). The first-order valence-electron chi connectivity index (χ1n) is 6.95. The lowest BCUT2D eigenvalue weighted by atomic mass is 10.2. The second-order valence-corrected chi connectivity index (χ2v) is 5.29. The molecule has 0 atom stereocenters. The van der Waals surface area contributed by atoms with E-state index in [-0.39, 0.29) is 0 Å². The van der Waals surface area contributed by atoms with Crippen LogP contribution in [-0.4, -0.2) is 26.8 Å². The van der Waals surface area contributed by atoms with Crippen LogP contribution in [0.25, 0.3) is 0 Å². The molecule has 1 saturated carbocycles. The summed E-state index contributed by atoms with van der Waals surface area (Å²) in [7, 11) is 3.82. The van der Waals surface area contributed by atoms with Crippen LogP contribution in [-0.2, 0) is 13.6 Å². The maximum absolute atomic E-state index is 4.61. The number of rotatable bonds is 5. The maximum Gasteiger partial charge on any atom is 0.136 e. The predicted octanol–water partition coefficient (Wildman–Crippen LogP) is 2.05. The van der Waals surface area contributed by atoms with Crippen molar-refractivity contribution in [2.24, 2.45) is 7.05 Å². The molecule has 2 N–H and O–H groups in total. The fraction of sp³-hybridized carbons (Fsp3) is 0.500. The number of aryl methyl sites for hydroxylation is 2. The van der Waals surface area contributed by atoms with E-state index in [0.717, 1.165) is 29.7 Å². The number of hydrogen-bond acceptors (Lipinski definition) is 5. The van der Waals surface area contributed by atoms with Crippen LogP contribution in [0.3, 0.4) is 0 Å². The molecule has 2 heterocycles. The van der Waals surface area contributed by atoms with Crippen molar-refractivity contribution in [3.63, 3.8) is 0 Å². The Morgan fingerprint density at radius 2 is 2.05 bits per heavy atom. The van der Waals surface area contributed by atoms with Crippen LogP contribution in [0.2, 0.25) is 0 Å². The molecule has 1 aliphatic carbocycles. The van der Waals surface area contributed by atoms with Crippen LogP contribution in [0, 0.1) is 6.92 Å². The van der Waals surface area contributed by atoms with Gasteiger partial charge in [0, 0.05) is 44.4 Å². The summed E-state index contributed by atoms with van der Waals surface area (Å²) in [6.45, 7) is 2.75. The van der Waals surface area contributed by atoms with Crippen molar-refractivity contribution in [3.05, 3.63) is 29.3 Å². The Morgan fingerprint density at radius 1 is 1.30 bits per heavy atom. The number of nitrogens with zero attached hydrogens (tertiary/aromatic N) is 4. The molecule has 2 aromatic rings. The fourth-order valence-corrected chi connectivity index (χ4v) is 2.22. The van der Waals surface area contributed by atoms with Gasteiger partial charge in [-0.3, -0.25) is 4.68 Å². The Kier molecular flexibility index (Phi) is 3.30. The van der Waals surface area contributed by atoms with Crippen molar-refractivity contribution in [3.8, 4) is 0 Å². The molecule has 0 aromatic carbocycles. The number of nitrogens with one attached hydrogen (secondary N) is 2. The van der Waals surface area contributed by atoms with Crippen molar-refractivity contribution in [1.82, 2.24) is 19.7 Å². The summed E-state index contributed by atoms with van der Waals surface area (Å²) in [5.74, 6) is 3.23. The minimum absolute atomic E-state index is 0.545. The second-order valence-electron chi connectivity index (χ2n) is 5.29. The normalized spacial score (nSPS) is 14.3. The molecule has 106 valence electrons. The highest BCUT2D eigenvalue weighted by atomic mass is 15.3. The predicted molar refractivity (Wildman–Crippen MR) is 78.8 cm³/mol. The fourth-order valence-electron chi connectivity index (χ4n) is 2.22. The van der Waals surface area contributed by atoms with Gasteiger partial charge < -0.3 is 10.6 Å². The second kappa shape index (κ2) is 5.11. The van der Waals surface area contributed by atoms with Gasteiger partial charge in [0.05, 0.1) is 5.69 Å². The van der Waals surface area contributed by atoms with Crippen LogP contribution < -0.4 is 10.6 Å². The minimum Gasteiger partial charge on any atom is -0.373 e. The van der Waals surface area contributed by atoms with Gasteiger partial charge in [-0.25, -0.2) is 9.97 Å². The third-order valence-electron chi connectivity index (χ3n) is 3.52. The molecule has 6 heteroatoms. The molecule has 1 fully saturated rings. The molecule has 0 bridgehead atoms. The highest BCUT2D eigenvalue weighted by Gasteiger charge is 2.27. The van der Waals surface area contributed by atoms with Crippen molar-refractivity contribution >= 4 is 11.6 Å². The molecule has 2 aromatic heterocycles. The Hall–Kier alpha value is -2.11. The molecular formula is C14H20N6. The van der Waals surface area contributed by atoms with Gasteiger partial charge in [0.2, 0.25) is 0 Å². The van der Waals surface area contributed by atoms with Gasteiger partial charge in [-0.1, -0.05) is 0 Å². The van der Waals surface area contributed by atoms with E-state index in [1.165, 1.54) is 18.4 Å². The lowest BCUT2D eigenvalue weighted by Crippen LogP contribution is -2.06. The number of anilines is 2. The number of aromatic nitrogens is 4. The quantitative estimate of drug-likeness (QED) is 0.872. The van der Waals surface area contributed by atoms with Crippen LogP contribution in [0.15, 0.2) is 12.3 Å². The van der Waals surface area contributed by atoms with Gasteiger partial charge >= 0.3 is 0 Å². The van der Waals surface area contributed by atoms with Crippen LogP contribution in [0.5, 0.6) is 0 Å². The van der Waals surface area contributed by atoms with Gasteiger partial charge in [-0.15, -0.1) is 0 Å². The van der Waals surface area contributed by atoms with Gasteiger partial charge in [0.1, 0.15) is 17.5 Å². The third-order valence-corrected chi connectivity index (χ3v) is 3.52. The van der Waals surface area contributed by atoms with E-state index in [4.69, 9.17) is 0 Å². The highest BCUT2D eigenvalue weighted by molar-refractivity contribution is 5.48. The zero-order valence-electron chi connectivity index (χ0n) is 12.1. The van der Waals surface area contributed by atoms with Crippen LogP contribution in [0.1, 0.15) is 35.8 Å². The molecule has 0 radical (unpaired) electrons. The monoisotopic (exact) mass is 272 g/mol. The lowest BCUT2D eigenvalue weighted by molar-refractivity contribution is 0.756. The Balaban J connectivity index is 1.76. The van der Waals surface area contributed by atoms with Gasteiger partial charge in [0.25, 0.3) is 0 Å². The lowest BCUT2D eigenvalue weighted by Gasteiger charge is -2.09. The maximum atomic E-state index is 4.61. The van der Waals surface area contributed by atoms with E-state index in [0.29, 0.717) is 5.92 Å². The molecule has 0 spiro atoms. The molecule has 20 heavy (non-hydrogen) atoms. The summed E-state index contributed by atoms with van der Waals surface area (Å²) < 4.78 is 1.83. The zero-order valence-corrected chi connectivity index (χ0v) is 12.1. The zero-order chi connectivity index (χ0) is 14.1. The van der Waals surface area contributed by atoms with Gasteiger partial charge in [-0.2, -0.15) is 5.10 Å². The summed E-state index contributed by atoms with van der Waals surface area (Å²) in [6, 6.07) is 1.94. The smallest absolute Gasteiger partial charge is 0.136 e. The molecule has 1 aliphatic rings. The molecule has 3 rings (SSSR count). The molecule has 0 unspecified atom stereocenters. The Bertz CT molecular complexity index is 614. The van der Waals surface area contributed by atoms with Crippen molar-refractivity contribution in [2.75, 3.05) is 17.7 Å². The topological polar surface area (TPSA) is 67.7 Å². The highest BCUT2D eigenvalue weighted by Crippen LogP contribution is 2.38. The first-order chi connectivity index (χ1) is 9.65. The average molecular weight is 272 g/mol. The Labute approximate surface area is 118 Å². The van der Waals surface area contributed by atoms with E-state index in [2.05, 4.69) is 25.7 Å². The summed E-state index contributed by atoms with van der Waals surface area (Å²) in [5, 5.41) is 10.8. The minimum atomic E-state index is 0.545. The van der Waals surface area contributed by atoms with E-state index in [1.54, 1.807) is 0 Å². The first-order valence-corrected chi connectivity index (χ1v) is 6.95.